The molecule has 0 amide bonds. The van der Waals surface area contributed by atoms with Crippen LogP contribution >= 0.6 is 11.3 Å². The minimum atomic E-state index is 0.515. The number of aromatic nitrogens is 2. The molecule has 1 aliphatic rings. The van der Waals surface area contributed by atoms with Gasteiger partial charge in [0.1, 0.15) is 0 Å². The highest BCUT2D eigenvalue weighted by Gasteiger charge is 2.20. The zero-order chi connectivity index (χ0) is 14.8. The van der Waals surface area contributed by atoms with Crippen LogP contribution in [0, 0.1) is 0 Å². The maximum Gasteiger partial charge on any atom is 0.0645 e. The van der Waals surface area contributed by atoms with Crippen LogP contribution in [0.25, 0.3) is 5.69 Å². The Hall–Kier alpha value is -1.91. The van der Waals surface area contributed by atoms with Gasteiger partial charge in [0.15, 0.2) is 0 Å². The molecular formula is C18H19N3S. The molecule has 0 bridgehead atoms. The van der Waals surface area contributed by atoms with E-state index in [0.29, 0.717) is 6.04 Å². The fraction of sp³-hybridized carbons (Fsp3) is 0.278. The third-order valence-corrected chi connectivity index (χ3v) is 5.31. The Morgan fingerprint density at radius 2 is 2.14 bits per heavy atom. The van der Waals surface area contributed by atoms with Gasteiger partial charge >= 0.3 is 0 Å². The molecule has 0 fully saturated rings. The monoisotopic (exact) mass is 309 g/mol. The van der Waals surface area contributed by atoms with Crippen molar-refractivity contribution in [1.29, 1.82) is 0 Å². The lowest BCUT2D eigenvalue weighted by atomic mass is 9.94. The summed E-state index contributed by atoms with van der Waals surface area (Å²) in [4.78, 5) is 1.57. The zero-order valence-corrected chi connectivity index (χ0v) is 13.2. The van der Waals surface area contributed by atoms with Crippen molar-refractivity contribution >= 4 is 11.3 Å². The Bertz CT molecular complexity index is 728. The third-order valence-electron chi connectivity index (χ3n) is 4.31. The second-order valence-electron chi connectivity index (χ2n) is 5.74. The molecule has 1 aromatic carbocycles. The first-order valence-corrected chi connectivity index (χ1v) is 8.67. The van der Waals surface area contributed by atoms with Crippen molar-refractivity contribution < 1.29 is 0 Å². The van der Waals surface area contributed by atoms with Gasteiger partial charge in [-0.25, -0.2) is 4.68 Å². The van der Waals surface area contributed by atoms with Crippen molar-refractivity contribution in [3.8, 4) is 5.69 Å². The maximum absolute atomic E-state index is 4.26. The minimum Gasteiger partial charge on any atom is -0.306 e. The molecule has 0 saturated heterocycles. The number of nitrogens with zero attached hydrogens (tertiary/aromatic N) is 2. The lowest BCUT2D eigenvalue weighted by molar-refractivity contribution is 0.463. The van der Waals surface area contributed by atoms with Crippen molar-refractivity contribution in [2.75, 3.05) is 0 Å². The molecule has 4 rings (SSSR count). The summed E-state index contributed by atoms with van der Waals surface area (Å²) in [6, 6.07) is 13.4. The molecule has 2 aromatic heterocycles. The van der Waals surface area contributed by atoms with E-state index < -0.39 is 0 Å². The first kappa shape index (κ1) is 13.7. The van der Waals surface area contributed by atoms with E-state index in [4.69, 9.17) is 0 Å². The van der Waals surface area contributed by atoms with Crippen molar-refractivity contribution in [1.82, 2.24) is 15.1 Å². The smallest absolute Gasteiger partial charge is 0.0645 e. The summed E-state index contributed by atoms with van der Waals surface area (Å²) in [6.45, 7) is 0.916. The summed E-state index contributed by atoms with van der Waals surface area (Å²) < 4.78 is 1.88. The number of thiophene rings is 1. The van der Waals surface area contributed by atoms with E-state index in [1.54, 1.807) is 11.1 Å². The van der Waals surface area contributed by atoms with Gasteiger partial charge in [-0.1, -0.05) is 12.1 Å². The fourth-order valence-electron chi connectivity index (χ4n) is 3.13. The topological polar surface area (TPSA) is 29.9 Å². The Labute approximate surface area is 134 Å². The van der Waals surface area contributed by atoms with Crippen molar-refractivity contribution in [3.63, 3.8) is 0 Å². The van der Waals surface area contributed by atoms with Crippen LogP contribution in [0.2, 0.25) is 0 Å². The van der Waals surface area contributed by atoms with E-state index in [1.807, 2.05) is 28.3 Å². The summed E-state index contributed by atoms with van der Waals surface area (Å²) in [5, 5.41) is 10.2. The van der Waals surface area contributed by atoms with Gasteiger partial charge in [-0.05, 0) is 60.0 Å². The SMILES string of the molecule is c1cnn(-c2ccc(CNC3CCCc4sccc43)cc2)c1. The van der Waals surface area contributed by atoms with Crippen LogP contribution in [0.4, 0.5) is 0 Å². The summed E-state index contributed by atoms with van der Waals surface area (Å²) in [5.41, 5.74) is 3.94. The molecule has 3 nitrogen and oxygen atoms in total. The number of rotatable bonds is 4. The number of fused-ring (bicyclic) bond motifs is 1. The van der Waals surface area contributed by atoms with E-state index in [1.165, 1.54) is 30.4 Å². The third kappa shape index (κ3) is 2.72. The second-order valence-corrected chi connectivity index (χ2v) is 6.74. The van der Waals surface area contributed by atoms with Gasteiger partial charge in [0.2, 0.25) is 0 Å². The number of hydrogen-bond donors (Lipinski definition) is 1. The van der Waals surface area contributed by atoms with Crippen LogP contribution in [0.15, 0.2) is 54.2 Å². The molecule has 0 saturated carbocycles. The van der Waals surface area contributed by atoms with E-state index in [9.17, 15) is 0 Å². The molecule has 0 spiro atoms. The van der Waals surface area contributed by atoms with E-state index >= 15 is 0 Å². The molecule has 0 radical (unpaired) electrons. The first-order chi connectivity index (χ1) is 10.9. The van der Waals surface area contributed by atoms with Crippen LogP contribution in [-0.4, -0.2) is 9.78 Å². The van der Waals surface area contributed by atoms with Crippen LogP contribution in [0.5, 0.6) is 0 Å². The highest BCUT2D eigenvalue weighted by Crippen LogP contribution is 2.33. The van der Waals surface area contributed by atoms with Gasteiger partial charge in [-0.3, -0.25) is 0 Å². The van der Waals surface area contributed by atoms with Crippen LogP contribution in [-0.2, 0) is 13.0 Å². The molecule has 4 heteroatoms. The largest absolute Gasteiger partial charge is 0.306 e. The quantitative estimate of drug-likeness (QED) is 0.786. The predicted molar refractivity (Wildman–Crippen MR) is 90.4 cm³/mol. The van der Waals surface area contributed by atoms with Gasteiger partial charge in [-0.15, -0.1) is 11.3 Å². The molecule has 112 valence electrons. The number of hydrogen-bond acceptors (Lipinski definition) is 3. The Balaban J connectivity index is 1.43. The number of aryl methyl sites for hydroxylation is 1. The summed E-state index contributed by atoms with van der Waals surface area (Å²) in [7, 11) is 0. The predicted octanol–water partition coefficient (Wildman–Crippen LogP) is 4.10. The summed E-state index contributed by atoms with van der Waals surface area (Å²) in [5.74, 6) is 0. The second kappa shape index (κ2) is 6.07. The molecule has 1 unspecified atom stereocenters. The molecule has 3 aromatic rings. The number of benzene rings is 1. The normalized spacial score (nSPS) is 17.4. The van der Waals surface area contributed by atoms with E-state index in [-0.39, 0.29) is 0 Å². The Kier molecular flexibility index (Phi) is 3.79. The minimum absolute atomic E-state index is 0.515. The van der Waals surface area contributed by atoms with Gasteiger partial charge in [0.25, 0.3) is 0 Å². The lowest BCUT2D eigenvalue weighted by Crippen LogP contribution is -2.23. The summed E-state index contributed by atoms with van der Waals surface area (Å²) in [6.07, 6.45) is 7.56. The molecular weight excluding hydrogens is 290 g/mol. The van der Waals surface area contributed by atoms with Crippen molar-refractivity contribution in [2.45, 2.75) is 31.8 Å². The average molecular weight is 309 g/mol. The van der Waals surface area contributed by atoms with Crippen LogP contribution in [0.1, 0.15) is 34.9 Å². The Morgan fingerprint density at radius 3 is 2.95 bits per heavy atom. The fourth-order valence-corrected chi connectivity index (χ4v) is 4.12. The molecule has 2 heterocycles. The van der Waals surface area contributed by atoms with Gasteiger partial charge < -0.3 is 5.32 Å². The number of nitrogens with one attached hydrogen (secondary N) is 1. The van der Waals surface area contributed by atoms with Crippen LogP contribution < -0.4 is 5.32 Å². The van der Waals surface area contributed by atoms with Gasteiger partial charge in [0, 0.05) is 29.9 Å². The zero-order valence-electron chi connectivity index (χ0n) is 12.4. The average Bonchev–Trinajstić information content (AvgIpc) is 3.24. The molecule has 1 N–H and O–H groups in total. The standard InChI is InChI=1S/C18H19N3S/c1-3-17(16-9-12-22-18(16)4-1)19-13-14-5-7-15(8-6-14)21-11-2-10-20-21/h2,5-12,17,19H,1,3-4,13H2. The molecule has 1 aliphatic carbocycles. The van der Waals surface area contributed by atoms with E-state index in [0.717, 1.165) is 12.2 Å². The molecule has 22 heavy (non-hydrogen) atoms. The summed E-state index contributed by atoms with van der Waals surface area (Å²) >= 11 is 1.90. The van der Waals surface area contributed by atoms with E-state index in [2.05, 4.69) is 46.1 Å². The first-order valence-electron chi connectivity index (χ1n) is 7.79. The van der Waals surface area contributed by atoms with Crippen LogP contribution in [0.3, 0.4) is 0 Å². The maximum atomic E-state index is 4.26. The van der Waals surface area contributed by atoms with Crippen molar-refractivity contribution in [3.05, 3.63) is 70.2 Å². The molecule has 0 aliphatic heterocycles. The molecule has 1 atom stereocenters. The van der Waals surface area contributed by atoms with Crippen molar-refractivity contribution in [2.24, 2.45) is 0 Å². The lowest BCUT2D eigenvalue weighted by Gasteiger charge is -2.24. The van der Waals surface area contributed by atoms with Gasteiger partial charge in [-0.2, -0.15) is 5.10 Å². The Morgan fingerprint density at radius 1 is 1.23 bits per heavy atom. The highest BCUT2D eigenvalue weighted by molar-refractivity contribution is 7.10. The highest BCUT2D eigenvalue weighted by atomic mass is 32.1. The van der Waals surface area contributed by atoms with Gasteiger partial charge in [0.05, 0.1) is 5.69 Å².